The lowest BCUT2D eigenvalue weighted by atomic mass is 10.3. The summed E-state index contributed by atoms with van der Waals surface area (Å²) in [5.74, 6) is 0. The van der Waals surface area contributed by atoms with Crippen LogP contribution in [0.15, 0.2) is 0 Å². The normalized spacial score (nSPS) is 40.9. The molecule has 1 saturated heterocycles. The first-order valence-electron chi connectivity index (χ1n) is 2.71. The lowest BCUT2D eigenvalue weighted by molar-refractivity contribution is 0.189. The van der Waals surface area contributed by atoms with Crippen molar-refractivity contribution in [1.29, 1.82) is 0 Å². The molecule has 2 atom stereocenters. The summed E-state index contributed by atoms with van der Waals surface area (Å²) in [5, 5.41) is 9.12. The maximum Gasteiger partial charge on any atom is 0.0796 e. The highest BCUT2D eigenvalue weighted by atomic mass is 127. The van der Waals surface area contributed by atoms with Crippen LogP contribution in [0.1, 0.15) is 0 Å². The molecule has 48 valence electrons. The highest BCUT2D eigenvalue weighted by Gasteiger charge is 2.25. The van der Waals surface area contributed by atoms with Crippen molar-refractivity contribution < 1.29 is 5.11 Å². The molecule has 1 aliphatic rings. The molecule has 0 aromatic rings. The molecule has 0 aliphatic carbocycles. The van der Waals surface area contributed by atoms with Crippen LogP contribution < -0.4 is 0 Å². The lowest BCUT2D eigenvalue weighted by Gasteiger charge is -2.02. The van der Waals surface area contributed by atoms with Gasteiger partial charge in [-0.3, -0.25) is 0 Å². The van der Waals surface area contributed by atoms with Crippen molar-refractivity contribution >= 4 is 22.6 Å². The number of hydrogen-bond acceptors (Lipinski definition) is 2. The van der Waals surface area contributed by atoms with Gasteiger partial charge in [-0.1, -0.05) is 22.6 Å². The van der Waals surface area contributed by atoms with Crippen molar-refractivity contribution in [1.82, 2.24) is 4.90 Å². The molecule has 0 radical (unpaired) electrons. The molecule has 2 nitrogen and oxygen atoms in total. The number of hydrogen-bond donors (Lipinski definition) is 1. The molecule has 0 bridgehead atoms. The van der Waals surface area contributed by atoms with Gasteiger partial charge in [0, 0.05) is 13.1 Å². The third kappa shape index (κ3) is 1.33. The van der Waals surface area contributed by atoms with E-state index in [-0.39, 0.29) is 6.10 Å². The van der Waals surface area contributed by atoms with Gasteiger partial charge in [-0.25, -0.2) is 0 Å². The van der Waals surface area contributed by atoms with Crippen molar-refractivity contribution in [3.8, 4) is 0 Å². The second kappa shape index (κ2) is 2.49. The number of halogens is 1. The zero-order chi connectivity index (χ0) is 6.15. The summed E-state index contributed by atoms with van der Waals surface area (Å²) in [6.45, 7) is 1.87. The first kappa shape index (κ1) is 6.77. The Morgan fingerprint density at radius 2 is 2.25 bits per heavy atom. The molecule has 0 amide bonds. The maximum atomic E-state index is 9.12. The summed E-state index contributed by atoms with van der Waals surface area (Å²) in [5.41, 5.74) is 0. The second-order valence-corrected chi connectivity index (χ2v) is 3.90. The average molecular weight is 227 g/mol. The highest BCUT2D eigenvalue weighted by molar-refractivity contribution is 14.1. The van der Waals surface area contributed by atoms with Gasteiger partial charge in [0.15, 0.2) is 0 Å². The van der Waals surface area contributed by atoms with Crippen molar-refractivity contribution in [3.63, 3.8) is 0 Å². The van der Waals surface area contributed by atoms with Crippen LogP contribution in [0.4, 0.5) is 0 Å². The van der Waals surface area contributed by atoms with Crippen LogP contribution in [0.2, 0.25) is 0 Å². The Labute approximate surface area is 63.0 Å². The van der Waals surface area contributed by atoms with Crippen LogP contribution in [0.3, 0.4) is 0 Å². The zero-order valence-corrected chi connectivity index (χ0v) is 7.00. The predicted molar refractivity (Wildman–Crippen MR) is 41.3 cm³/mol. The predicted octanol–water partition coefficient (Wildman–Crippen LogP) is 0.0963. The topological polar surface area (TPSA) is 23.5 Å². The van der Waals surface area contributed by atoms with Gasteiger partial charge < -0.3 is 10.0 Å². The van der Waals surface area contributed by atoms with Crippen LogP contribution in [-0.2, 0) is 0 Å². The number of aliphatic hydroxyl groups excluding tert-OH is 1. The molecule has 8 heavy (non-hydrogen) atoms. The summed E-state index contributed by atoms with van der Waals surface area (Å²) in [7, 11) is 2.03. The van der Waals surface area contributed by atoms with E-state index in [1.54, 1.807) is 0 Å². The third-order valence-corrected chi connectivity index (χ3v) is 2.63. The van der Waals surface area contributed by atoms with Gasteiger partial charge in [0.2, 0.25) is 0 Å². The van der Waals surface area contributed by atoms with Gasteiger partial charge in [-0.2, -0.15) is 0 Å². The summed E-state index contributed by atoms with van der Waals surface area (Å²) >= 11 is 2.28. The monoisotopic (exact) mass is 227 g/mol. The summed E-state index contributed by atoms with van der Waals surface area (Å²) < 4.78 is 0.442. The van der Waals surface area contributed by atoms with Gasteiger partial charge in [-0.15, -0.1) is 0 Å². The Balaban J connectivity index is 2.39. The van der Waals surface area contributed by atoms with E-state index >= 15 is 0 Å². The Kier molecular flexibility index (Phi) is 2.11. The molecule has 0 aromatic carbocycles. The molecule has 0 unspecified atom stereocenters. The number of nitrogens with zero attached hydrogens (tertiary/aromatic N) is 1. The number of aliphatic hydroxyl groups is 1. The average Bonchev–Trinajstić information content (AvgIpc) is 1.85. The maximum absolute atomic E-state index is 9.12. The summed E-state index contributed by atoms with van der Waals surface area (Å²) in [6, 6.07) is 0. The number of likely N-dealkylation sites (N-methyl/N-ethyl adjacent to an activating group) is 1. The first-order valence-corrected chi connectivity index (χ1v) is 3.95. The molecule has 0 saturated carbocycles. The molecule has 1 rings (SSSR count). The minimum absolute atomic E-state index is 0.0967. The number of rotatable bonds is 0. The number of likely N-dealkylation sites (tertiary alicyclic amines) is 1. The zero-order valence-electron chi connectivity index (χ0n) is 4.84. The van der Waals surface area contributed by atoms with Gasteiger partial charge in [-0.05, 0) is 7.05 Å². The van der Waals surface area contributed by atoms with Gasteiger partial charge in [0.25, 0.3) is 0 Å². The molecular formula is C5H10INO. The SMILES string of the molecule is CN1C[C@@H](I)[C@@H](O)C1. The molecule has 1 fully saturated rings. The molecule has 0 aromatic heterocycles. The Morgan fingerprint density at radius 3 is 2.38 bits per heavy atom. The second-order valence-electron chi connectivity index (χ2n) is 2.30. The van der Waals surface area contributed by atoms with Crippen molar-refractivity contribution in [2.24, 2.45) is 0 Å². The fourth-order valence-corrected chi connectivity index (χ4v) is 1.83. The molecule has 1 aliphatic heterocycles. The van der Waals surface area contributed by atoms with Crippen LogP contribution in [0.25, 0.3) is 0 Å². The Bertz CT molecular complexity index is 78.5. The van der Waals surface area contributed by atoms with E-state index in [0.717, 1.165) is 13.1 Å². The molecule has 1 heterocycles. The van der Waals surface area contributed by atoms with Crippen molar-refractivity contribution in [3.05, 3.63) is 0 Å². The van der Waals surface area contributed by atoms with Crippen LogP contribution in [0, 0.1) is 0 Å². The smallest absolute Gasteiger partial charge is 0.0796 e. The van der Waals surface area contributed by atoms with Crippen LogP contribution in [-0.4, -0.2) is 40.2 Å². The quantitative estimate of drug-likeness (QED) is 0.468. The lowest BCUT2D eigenvalue weighted by Crippen LogP contribution is -2.17. The van der Waals surface area contributed by atoms with Crippen molar-refractivity contribution in [2.75, 3.05) is 20.1 Å². The third-order valence-electron chi connectivity index (χ3n) is 1.40. The standard InChI is InChI=1S/C5H10INO/c1-7-2-4(6)5(8)3-7/h4-5,8H,2-3H2,1H3/t4-,5+/m1/s1. The summed E-state index contributed by atoms with van der Waals surface area (Å²) in [4.78, 5) is 2.14. The van der Waals surface area contributed by atoms with E-state index in [0.29, 0.717) is 3.92 Å². The van der Waals surface area contributed by atoms with Crippen LogP contribution >= 0.6 is 22.6 Å². The molecular weight excluding hydrogens is 217 g/mol. The van der Waals surface area contributed by atoms with E-state index < -0.39 is 0 Å². The molecule has 3 heteroatoms. The fraction of sp³-hybridized carbons (Fsp3) is 1.00. The summed E-state index contributed by atoms with van der Waals surface area (Å²) in [6.07, 6.45) is -0.0967. The van der Waals surface area contributed by atoms with Gasteiger partial charge >= 0.3 is 0 Å². The van der Waals surface area contributed by atoms with Crippen LogP contribution in [0.5, 0.6) is 0 Å². The minimum Gasteiger partial charge on any atom is -0.391 e. The van der Waals surface area contributed by atoms with E-state index in [9.17, 15) is 0 Å². The highest BCUT2D eigenvalue weighted by Crippen LogP contribution is 2.15. The molecule has 1 N–H and O–H groups in total. The Hall–Kier alpha value is 0.650. The Morgan fingerprint density at radius 1 is 1.62 bits per heavy atom. The van der Waals surface area contributed by atoms with E-state index in [1.165, 1.54) is 0 Å². The van der Waals surface area contributed by atoms with Gasteiger partial charge in [0.05, 0.1) is 10.0 Å². The largest absolute Gasteiger partial charge is 0.391 e. The number of alkyl halides is 1. The van der Waals surface area contributed by atoms with E-state index in [1.807, 2.05) is 7.05 Å². The number of β-amino-alcohol motifs (C(OH)–C–C–N with tert-alkyl or cyclic N) is 1. The minimum atomic E-state index is -0.0967. The van der Waals surface area contributed by atoms with Crippen molar-refractivity contribution in [2.45, 2.75) is 10.0 Å². The fourth-order valence-electron chi connectivity index (χ4n) is 0.928. The van der Waals surface area contributed by atoms with Gasteiger partial charge in [0.1, 0.15) is 0 Å². The van der Waals surface area contributed by atoms with E-state index in [4.69, 9.17) is 5.11 Å². The van der Waals surface area contributed by atoms with E-state index in [2.05, 4.69) is 27.5 Å². The first-order chi connectivity index (χ1) is 3.70. The molecule has 0 spiro atoms.